The number of rotatable bonds is 6. The zero-order chi connectivity index (χ0) is 19.1. The Bertz CT molecular complexity index is 868. The highest BCUT2D eigenvalue weighted by Crippen LogP contribution is 2.18. The maximum Gasteiger partial charge on any atom is 0.344 e. The number of halogens is 1. The SMILES string of the molecule is C[C@@H](Oc1ccc(/C=C(/C#N)C(=O)Nc2ccc(Br)cc2)cc1)C(=O)O. The molecule has 0 fully saturated rings. The van der Waals surface area contributed by atoms with Gasteiger partial charge in [-0.15, -0.1) is 0 Å². The van der Waals surface area contributed by atoms with Crippen LogP contribution >= 0.6 is 15.9 Å². The fourth-order valence-corrected chi connectivity index (χ4v) is 2.21. The Morgan fingerprint density at radius 1 is 1.19 bits per heavy atom. The van der Waals surface area contributed by atoms with Crippen molar-refractivity contribution in [1.29, 1.82) is 5.26 Å². The number of ether oxygens (including phenoxy) is 1. The first-order valence-electron chi connectivity index (χ1n) is 7.57. The number of carboxylic acids is 1. The van der Waals surface area contributed by atoms with Crippen molar-refractivity contribution in [3.05, 3.63) is 64.1 Å². The van der Waals surface area contributed by atoms with Crippen LogP contribution in [0.2, 0.25) is 0 Å². The summed E-state index contributed by atoms with van der Waals surface area (Å²) < 4.78 is 6.11. The average Bonchev–Trinajstić information content (AvgIpc) is 2.62. The third kappa shape index (κ3) is 5.46. The van der Waals surface area contributed by atoms with Crippen LogP contribution < -0.4 is 10.1 Å². The van der Waals surface area contributed by atoms with Crippen molar-refractivity contribution < 1.29 is 19.4 Å². The standard InChI is InChI=1S/C19H15BrN2O4/c1-12(19(24)25)26-17-8-2-13(3-9-17)10-14(11-21)18(23)22-16-6-4-15(20)5-7-16/h2-10,12H,1H3,(H,22,23)(H,24,25)/b14-10-/t12-/m1/s1. The van der Waals surface area contributed by atoms with Gasteiger partial charge in [-0.25, -0.2) is 4.79 Å². The number of aliphatic carboxylic acids is 1. The van der Waals surface area contributed by atoms with E-state index >= 15 is 0 Å². The summed E-state index contributed by atoms with van der Waals surface area (Å²) in [6.07, 6.45) is 0.473. The molecule has 2 rings (SSSR count). The lowest BCUT2D eigenvalue weighted by atomic mass is 10.1. The van der Waals surface area contributed by atoms with Gasteiger partial charge in [0.15, 0.2) is 6.10 Å². The molecule has 1 amide bonds. The summed E-state index contributed by atoms with van der Waals surface area (Å²) in [4.78, 5) is 23.0. The Labute approximate surface area is 158 Å². The second kappa shape index (κ2) is 8.83. The van der Waals surface area contributed by atoms with E-state index in [1.165, 1.54) is 13.0 Å². The molecule has 0 bridgehead atoms. The van der Waals surface area contributed by atoms with E-state index < -0.39 is 18.0 Å². The molecule has 2 N–H and O–H groups in total. The molecular formula is C19H15BrN2O4. The van der Waals surface area contributed by atoms with Gasteiger partial charge in [-0.1, -0.05) is 28.1 Å². The van der Waals surface area contributed by atoms with Gasteiger partial charge in [0.05, 0.1) is 0 Å². The third-order valence-electron chi connectivity index (χ3n) is 3.32. The summed E-state index contributed by atoms with van der Waals surface area (Å²) in [7, 11) is 0. The zero-order valence-electron chi connectivity index (χ0n) is 13.8. The van der Waals surface area contributed by atoms with Gasteiger partial charge in [0.25, 0.3) is 5.91 Å². The van der Waals surface area contributed by atoms with E-state index in [4.69, 9.17) is 9.84 Å². The number of anilines is 1. The highest BCUT2D eigenvalue weighted by molar-refractivity contribution is 9.10. The number of nitriles is 1. The first kappa shape index (κ1) is 19.2. The first-order valence-corrected chi connectivity index (χ1v) is 8.36. The largest absolute Gasteiger partial charge is 0.479 e. The molecule has 7 heteroatoms. The van der Waals surface area contributed by atoms with Gasteiger partial charge >= 0.3 is 5.97 Å². The van der Waals surface area contributed by atoms with Crippen LogP contribution in [0.4, 0.5) is 5.69 Å². The number of carbonyl (C=O) groups is 2. The van der Waals surface area contributed by atoms with Crippen LogP contribution in [0.3, 0.4) is 0 Å². The summed E-state index contributed by atoms with van der Waals surface area (Å²) in [5.41, 5.74) is 1.13. The number of nitrogens with one attached hydrogen (secondary N) is 1. The Kier molecular flexibility index (Phi) is 6.53. The maximum absolute atomic E-state index is 12.2. The van der Waals surface area contributed by atoms with E-state index in [1.807, 2.05) is 6.07 Å². The van der Waals surface area contributed by atoms with Crippen molar-refractivity contribution in [2.75, 3.05) is 5.32 Å². The summed E-state index contributed by atoms with van der Waals surface area (Å²) in [6, 6.07) is 15.3. The van der Waals surface area contributed by atoms with Gasteiger partial charge in [0.1, 0.15) is 17.4 Å². The predicted molar refractivity (Wildman–Crippen MR) is 101 cm³/mol. The number of hydrogen-bond donors (Lipinski definition) is 2. The van der Waals surface area contributed by atoms with Gasteiger partial charge in [0.2, 0.25) is 0 Å². The number of nitrogens with zero attached hydrogens (tertiary/aromatic N) is 1. The highest BCUT2D eigenvalue weighted by Gasteiger charge is 2.12. The molecule has 0 unspecified atom stereocenters. The first-order chi connectivity index (χ1) is 12.4. The monoisotopic (exact) mass is 414 g/mol. The molecule has 0 aliphatic heterocycles. The van der Waals surface area contributed by atoms with Crippen LogP contribution in [0.1, 0.15) is 12.5 Å². The quantitative estimate of drug-likeness (QED) is 0.552. The summed E-state index contributed by atoms with van der Waals surface area (Å²) >= 11 is 3.31. The number of hydrogen-bond acceptors (Lipinski definition) is 4. The molecular weight excluding hydrogens is 400 g/mol. The average molecular weight is 415 g/mol. The smallest absolute Gasteiger partial charge is 0.344 e. The van der Waals surface area contributed by atoms with Crippen LogP contribution in [0.5, 0.6) is 5.75 Å². The molecule has 0 aromatic heterocycles. The molecule has 1 atom stereocenters. The maximum atomic E-state index is 12.2. The van der Waals surface area contributed by atoms with E-state index in [0.29, 0.717) is 17.0 Å². The molecule has 0 spiro atoms. The van der Waals surface area contributed by atoms with Gasteiger partial charge < -0.3 is 15.2 Å². The van der Waals surface area contributed by atoms with Crippen LogP contribution in [-0.4, -0.2) is 23.1 Å². The summed E-state index contributed by atoms with van der Waals surface area (Å²) in [5, 5.41) is 20.7. The molecule has 0 aliphatic rings. The minimum absolute atomic E-state index is 0.0551. The number of amides is 1. The van der Waals surface area contributed by atoms with Crippen molar-refractivity contribution in [3.63, 3.8) is 0 Å². The molecule has 26 heavy (non-hydrogen) atoms. The molecule has 0 saturated carbocycles. The lowest BCUT2D eigenvalue weighted by molar-refractivity contribution is -0.144. The van der Waals surface area contributed by atoms with Gasteiger partial charge in [0, 0.05) is 10.2 Å². The number of benzene rings is 2. The van der Waals surface area contributed by atoms with E-state index in [0.717, 1.165) is 4.47 Å². The minimum Gasteiger partial charge on any atom is -0.479 e. The topological polar surface area (TPSA) is 99.4 Å². The molecule has 0 radical (unpaired) electrons. The molecule has 132 valence electrons. The van der Waals surface area contributed by atoms with Crippen molar-refractivity contribution in [2.45, 2.75) is 13.0 Å². The molecule has 0 saturated heterocycles. The van der Waals surface area contributed by atoms with Gasteiger partial charge in [-0.2, -0.15) is 5.26 Å². The van der Waals surface area contributed by atoms with Crippen LogP contribution in [0.25, 0.3) is 6.08 Å². The molecule has 2 aromatic rings. The van der Waals surface area contributed by atoms with Crippen LogP contribution in [0, 0.1) is 11.3 Å². The van der Waals surface area contributed by atoms with Crippen molar-refractivity contribution in [3.8, 4) is 11.8 Å². The Balaban J connectivity index is 2.10. The highest BCUT2D eigenvalue weighted by atomic mass is 79.9. The fourth-order valence-electron chi connectivity index (χ4n) is 1.94. The van der Waals surface area contributed by atoms with Crippen LogP contribution in [0.15, 0.2) is 58.6 Å². The van der Waals surface area contributed by atoms with E-state index in [1.54, 1.807) is 48.5 Å². The Morgan fingerprint density at radius 2 is 1.81 bits per heavy atom. The second-order valence-corrected chi connectivity index (χ2v) is 6.21. The van der Waals surface area contributed by atoms with Gasteiger partial charge in [-0.3, -0.25) is 4.79 Å². The molecule has 2 aromatic carbocycles. The van der Waals surface area contributed by atoms with Crippen LogP contribution in [-0.2, 0) is 9.59 Å². The number of carboxylic acid groups (broad SMARTS) is 1. The second-order valence-electron chi connectivity index (χ2n) is 5.30. The molecule has 0 aliphatic carbocycles. The van der Waals surface area contributed by atoms with E-state index in [9.17, 15) is 14.9 Å². The van der Waals surface area contributed by atoms with Crippen molar-refractivity contribution in [2.24, 2.45) is 0 Å². The zero-order valence-corrected chi connectivity index (χ0v) is 15.4. The lowest BCUT2D eigenvalue weighted by Gasteiger charge is -2.10. The normalized spacial score (nSPS) is 12.0. The number of carbonyl (C=O) groups excluding carboxylic acids is 1. The summed E-state index contributed by atoms with van der Waals surface area (Å²) in [6.45, 7) is 1.43. The van der Waals surface area contributed by atoms with Crippen molar-refractivity contribution in [1.82, 2.24) is 0 Å². The third-order valence-corrected chi connectivity index (χ3v) is 3.85. The van der Waals surface area contributed by atoms with Crippen molar-refractivity contribution >= 4 is 39.6 Å². The Hall–Kier alpha value is -3.11. The predicted octanol–water partition coefficient (Wildman–Crippen LogP) is 3.85. The lowest BCUT2D eigenvalue weighted by Crippen LogP contribution is -2.22. The van der Waals surface area contributed by atoms with Gasteiger partial charge in [-0.05, 0) is 55.0 Å². The fraction of sp³-hybridized carbons (Fsp3) is 0.105. The molecule has 0 heterocycles. The van der Waals surface area contributed by atoms with E-state index in [-0.39, 0.29) is 5.57 Å². The minimum atomic E-state index is -1.06. The Morgan fingerprint density at radius 3 is 2.35 bits per heavy atom. The molecule has 6 nitrogen and oxygen atoms in total. The van der Waals surface area contributed by atoms with E-state index in [2.05, 4.69) is 21.2 Å². The summed E-state index contributed by atoms with van der Waals surface area (Å²) in [5.74, 6) is -1.20.